The summed E-state index contributed by atoms with van der Waals surface area (Å²) in [7, 11) is 0. The van der Waals surface area contributed by atoms with E-state index in [0.717, 1.165) is 31.5 Å². The van der Waals surface area contributed by atoms with Crippen LogP contribution < -0.4 is 4.90 Å². The molecule has 1 N–H and O–H groups in total. The highest BCUT2D eigenvalue weighted by Crippen LogP contribution is 2.25. The Kier molecular flexibility index (Phi) is 4.37. The number of hydrogen-bond acceptors (Lipinski definition) is 3. The second-order valence-electron chi connectivity index (χ2n) is 4.94. The molecule has 0 spiro atoms. The zero-order valence-corrected chi connectivity index (χ0v) is 10.9. The molecule has 3 heteroatoms. The Morgan fingerprint density at radius 1 is 1.39 bits per heavy atom. The molecule has 1 heterocycles. The van der Waals surface area contributed by atoms with Crippen molar-refractivity contribution in [3.63, 3.8) is 0 Å². The third-order valence-corrected chi connectivity index (χ3v) is 3.70. The fourth-order valence-electron chi connectivity index (χ4n) is 2.55. The van der Waals surface area contributed by atoms with E-state index in [2.05, 4.69) is 4.90 Å². The zero-order chi connectivity index (χ0) is 13.0. The Morgan fingerprint density at radius 3 is 2.72 bits per heavy atom. The van der Waals surface area contributed by atoms with Gasteiger partial charge in [-0.25, -0.2) is 0 Å². The summed E-state index contributed by atoms with van der Waals surface area (Å²) in [5.74, 6) is 0.799. The predicted octanol–water partition coefficient (Wildman–Crippen LogP) is 2.49. The molecule has 3 nitrogen and oxygen atoms in total. The summed E-state index contributed by atoms with van der Waals surface area (Å²) in [5, 5.41) is 8.95. The van der Waals surface area contributed by atoms with Gasteiger partial charge in [-0.2, -0.15) is 0 Å². The van der Waals surface area contributed by atoms with Crippen molar-refractivity contribution >= 4 is 11.5 Å². The monoisotopic (exact) mass is 247 g/mol. The average Bonchev–Trinajstić information content (AvgIpc) is 2.87. The van der Waals surface area contributed by atoms with Gasteiger partial charge >= 0.3 is 0 Å². The molecule has 1 aliphatic heterocycles. The quantitative estimate of drug-likeness (QED) is 0.813. The van der Waals surface area contributed by atoms with E-state index in [-0.39, 0.29) is 12.4 Å². The number of Topliss-reactive ketones (excluding diaryl/α,β-unsaturated/α-hetero) is 1. The van der Waals surface area contributed by atoms with Gasteiger partial charge in [0.25, 0.3) is 0 Å². The molecule has 1 aliphatic rings. The van der Waals surface area contributed by atoms with E-state index in [1.807, 2.05) is 31.2 Å². The van der Waals surface area contributed by atoms with E-state index in [9.17, 15) is 4.79 Å². The Hall–Kier alpha value is -1.35. The number of benzene rings is 1. The highest BCUT2D eigenvalue weighted by Gasteiger charge is 2.22. The normalized spacial score (nSPS) is 19.2. The van der Waals surface area contributed by atoms with E-state index in [4.69, 9.17) is 5.11 Å². The topological polar surface area (TPSA) is 40.5 Å². The number of aliphatic hydroxyl groups is 1. The molecule has 2 rings (SSSR count). The molecule has 0 bridgehead atoms. The summed E-state index contributed by atoms with van der Waals surface area (Å²) in [6.45, 7) is 4.23. The van der Waals surface area contributed by atoms with Crippen molar-refractivity contribution < 1.29 is 9.90 Å². The molecule has 1 unspecified atom stereocenters. The Bertz CT molecular complexity index is 399. The fraction of sp³-hybridized carbons (Fsp3) is 0.533. The van der Waals surface area contributed by atoms with Crippen molar-refractivity contribution in [2.75, 3.05) is 24.6 Å². The van der Waals surface area contributed by atoms with E-state index in [0.29, 0.717) is 12.3 Å². The van der Waals surface area contributed by atoms with Crippen molar-refractivity contribution in [2.24, 2.45) is 5.92 Å². The standard InChI is InChI=1S/C15H21NO2/c1-2-15(18)13-3-5-14(6-4-13)16-9-7-12(11-16)8-10-17/h3-6,12,17H,2,7-11H2,1H3. The van der Waals surface area contributed by atoms with Crippen LogP contribution in [0.1, 0.15) is 36.5 Å². The number of carbonyl (C=O) groups is 1. The molecular formula is C15H21NO2. The molecule has 1 aromatic rings. The number of nitrogens with zero attached hydrogens (tertiary/aromatic N) is 1. The second-order valence-corrected chi connectivity index (χ2v) is 4.94. The first-order chi connectivity index (χ1) is 8.74. The molecule has 0 radical (unpaired) electrons. The summed E-state index contributed by atoms with van der Waals surface area (Å²) >= 11 is 0. The van der Waals surface area contributed by atoms with Gasteiger partial charge in [-0.3, -0.25) is 4.79 Å². The highest BCUT2D eigenvalue weighted by atomic mass is 16.3. The molecule has 0 aliphatic carbocycles. The maximum absolute atomic E-state index is 11.5. The average molecular weight is 247 g/mol. The van der Waals surface area contributed by atoms with E-state index < -0.39 is 0 Å². The molecule has 18 heavy (non-hydrogen) atoms. The van der Waals surface area contributed by atoms with Crippen LogP contribution in [0.15, 0.2) is 24.3 Å². The van der Waals surface area contributed by atoms with Crippen LogP contribution in [0.4, 0.5) is 5.69 Å². The first kappa shape index (κ1) is 13.1. The van der Waals surface area contributed by atoms with Crippen molar-refractivity contribution in [3.05, 3.63) is 29.8 Å². The van der Waals surface area contributed by atoms with E-state index >= 15 is 0 Å². The smallest absolute Gasteiger partial charge is 0.162 e. The zero-order valence-electron chi connectivity index (χ0n) is 10.9. The van der Waals surface area contributed by atoms with Gasteiger partial charge in [0.05, 0.1) is 0 Å². The van der Waals surface area contributed by atoms with Gasteiger partial charge < -0.3 is 10.0 Å². The van der Waals surface area contributed by atoms with Gasteiger partial charge in [0.15, 0.2) is 5.78 Å². The van der Waals surface area contributed by atoms with Crippen LogP contribution in [0.5, 0.6) is 0 Å². The predicted molar refractivity (Wildman–Crippen MR) is 73.1 cm³/mol. The SMILES string of the molecule is CCC(=O)c1ccc(N2CCC(CCO)C2)cc1. The molecule has 0 amide bonds. The molecule has 1 aromatic carbocycles. The van der Waals surface area contributed by atoms with Crippen LogP contribution in [-0.4, -0.2) is 30.6 Å². The van der Waals surface area contributed by atoms with Crippen molar-refractivity contribution in [2.45, 2.75) is 26.2 Å². The lowest BCUT2D eigenvalue weighted by molar-refractivity contribution is 0.0988. The molecule has 1 atom stereocenters. The second kappa shape index (κ2) is 6.01. The van der Waals surface area contributed by atoms with Crippen LogP contribution in [-0.2, 0) is 0 Å². The number of anilines is 1. The summed E-state index contributed by atoms with van der Waals surface area (Å²) in [5.41, 5.74) is 1.98. The van der Waals surface area contributed by atoms with Gasteiger partial charge in [-0.1, -0.05) is 6.92 Å². The Labute approximate surface area is 108 Å². The Morgan fingerprint density at radius 2 is 2.11 bits per heavy atom. The third kappa shape index (κ3) is 2.91. The van der Waals surface area contributed by atoms with Crippen LogP contribution >= 0.6 is 0 Å². The third-order valence-electron chi connectivity index (χ3n) is 3.70. The summed E-state index contributed by atoms with van der Waals surface area (Å²) < 4.78 is 0. The van der Waals surface area contributed by atoms with Crippen LogP contribution in [0, 0.1) is 5.92 Å². The van der Waals surface area contributed by atoms with E-state index in [1.54, 1.807) is 0 Å². The lowest BCUT2D eigenvalue weighted by atomic mass is 10.1. The van der Waals surface area contributed by atoms with Crippen molar-refractivity contribution in [1.82, 2.24) is 0 Å². The molecule has 1 saturated heterocycles. The first-order valence-electron chi connectivity index (χ1n) is 6.73. The fourth-order valence-corrected chi connectivity index (χ4v) is 2.55. The van der Waals surface area contributed by atoms with E-state index in [1.165, 1.54) is 5.69 Å². The lowest BCUT2D eigenvalue weighted by Gasteiger charge is -2.18. The van der Waals surface area contributed by atoms with Crippen molar-refractivity contribution in [1.29, 1.82) is 0 Å². The minimum atomic E-state index is 0.195. The van der Waals surface area contributed by atoms with Gasteiger partial charge in [0.1, 0.15) is 0 Å². The van der Waals surface area contributed by atoms with Crippen LogP contribution in [0.2, 0.25) is 0 Å². The van der Waals surface area contributed by atoms with Gasteiger partial charge in [0.2, 0.25) is 0 Å². The van der Waals surface area contributed by atoms with Gasteiger partial charge in [-0.05, 0) is 43.0 Å². The van der Waals surface area contributed by atoms with Crippen LogP contribution in [0.3, 0.4) is 0 Å². The largest absolute Gasteiger partial charge is 0.396 e. The molecule has 0 saturated carbocycles. The number of carbonyl (C=O) groups excluding carboxylic acids is 1. The molecule has 0 aromatic heterocycles. The van der Waals surface area contributed by atoms with Gasteiger partial charge in [0, 0.05) is 37.4 Å². The first-order valence-corrected chi connectivity index (χ1v) is 6.73. The Balaban J connectivity index is 2.00. The molecule has 98 valence electrons. The number of hydrogen-bond donors (Lipinski definition) is 1. The minimum Gasteiger partial charge on any atom is -0.396 e. The van der Waals surface area contributed by atoms with Crippen molar-refractivity contribution in [3.8, 4) is 0 Å². The minimum absolute atomic E-state index is 0.195. The highest BCUT2D eigenvalue weighted by molar-refractivity contribution is 5.96. The molecular weight excluding hydrogens is 226 g/mol. The summed E-state index contributed by atoms with van der Waals surface area (Å²) in [4.78, 5) is 13.9. The number of ketones is 1. The maximum Gasteiger partial charge on any atom is 0.162 e. The number of aliphatic hydroxyl groups excluding tert-OH is 1. The summed E-state index contributed by atoms with van der Waals surface area (Å²) in [6, 6.07) is 7.90. The maximum atomic E-state index is 11.5. The lowest BCUT2D eigenvalue weighted by Crippen LogP contribution is -2.19. The van der Waals surface area contributed by atoms with Crippen LogP contribution in [0.25, 0.3) is 0 Å². The summed E-state index contributed by atoms with van der Waals surface area (Å²) in [6.07, 6.45) is 2.60. The molecule has 1 fully saturated rings. The van der Waals surface area contributed by atoms with Gasteiger partial charge in [-0.15, -0.1) is 0 Å². The number of rotatable bonds is 5.